The lowest BCUT2D eigenvalue weighted by Crippen LogP contribution is -2.55. The number of piperazine rings is 1. The van der Waals surface area contributed by atoms with Gasteiger partial charge in [-0.05, 0) is 22.0 Å². The van der Waals surface area contributed by atoms with Crippen molar-refractivity contribution >= 4 is 33.6 Å². The molecule has 9 heteroatoms. The Kier molecular flexibility index (Phi) is 5.93. The van der Waals surface area contributed by atoms with Gasteiger partial charge in [0.15, 0.2) is 0 Å². The van der Waals surface area contributed by atoms with Crippen molar-refractivity contribution in [1.82, 2.24) is 9.80 Å². The van der Waals surface area contributed by atoms with Crippen molar-refractivity contribution in [3.05, 3.63) is 21.1 Å². The van der Waals surface area contributed by atoms with E-state index in [0.717, 1.165) is 5.56 Å². The Hall–Kier alpha value is -1.22. The van der Waals surface area contributed by atoms with E-state index >= 15 is 0 Å². The van der Waals surface area contributed by atoms with E-state index in [1.807, 2.05) is 6.07 Å². The van der Waals surface area contributed by atoms with Gasteiger partial charge in [-0.3, -0.25) is 4.90 Å². The average molecular weight is 436 g/mol. The molecule has 0 bridgehead atoms. The van der Waals surface area contributed by atoms with Gasteiger partial charge >= 0.3 is 6.09 Å². The van der Waals surface area contributed by atoms with Gasteiger partial charge in [0.25, 0.3) is 0 Å². The van der Waals surface area contributed by atoms with Crippen molar-refractivity contribution in [2.45, 2.75) is 12.6 Å². The van der Waals surface area contributed by atoms with Gasteiger partial charge in [0.1, 0.15) is 29.7 Å². The van der Waals surface area contributed by atoms with Crippen LogP contribution in [0.25, 0.3) is 0 Å². The first-order valence-electron chi connectivity index (χ1n) is 7.98. The Morgan fingerprint density at radius 2 is 2.28 bits per heavy atom. The van der Waals surface area contributed by atoms with E-state index in [1.54, 1.807) is 7.11 Å². The van der Waals surface area contributed by atoms with Crippen molar-refractivity contribution in [3.8, 4) is 11.5 Å². The minimum Gasteiger partial charge on any atom is -0.490 e. The van der Waals surface area contributed by atoms with Crippen LogP contribution in [0, 0.1) is 0 Å². The molecule has 0 unspecified atom stereocenters. The second kappa shape index (κ2) is 7.99. The van der Waals surface area contributed by atoms with E-state index in [-0.39, 0.29) is 6.04 Å². The van der Waals surface area contributed by atoms with Gasteiger partial charge in [-0.2, -0.15) is 0 Å². The molecule has 1 amide bonds. The third-order valence-electron chi connectivity index (χ3n) is 4.42. The molecule has 0 saturated carbocycles. The maximum Gasteiger partial charge on any atom is 0.407 e. The molecular formula is C16H20BrClN2O5. The van der Waals surface area contributed by atoms with Crippen molar-refractivity contribution < 1.29 is 24.1 Å². The van der Waals surface area contributed by atoms with E-state index in [2.05, 4.69) is 20.8 Å². The molecule has 2 aliphatic rings. The quantitative estimate of drug-likeness (QED) is 0.733. The number of halogens is 2. The van der Waals surface area contributed by atoms with Crippen molar-refractivity contribution in [3.63, 3.8) is 0 Å². The maximum absolute atomic E-state index is 11.2. The summed E-state index contributed by atoms with van der Waals surface area (Å²) in [4.78, 5) is 14.9. The summed E-state index contributed by atoms with van der Waals surface area (Å²) in [7, 11) is 1.62. The highest BCUT2D eigenvalue weighted by molar-refractivity contribution is 9.10. The topological polar surface area (TPSA) is 71.5 Å². The van der Waals surface area contributed by atoms with E-state index in [1.165, 1.54) is 4.90 Å². The molecule has 1 fully saturated rings. The molecule has 25 heavy (non-hydrogen) atoms. The molecule has 2 aliphatic heterocycles. The number of methoxy groups -OCH3 is 1. The zero-order chi connectivity index (χ0) is 18.0. The molecule has 1 atom stereocenters. The second-order valence-corrected chi connectivity index (χ2v) is 7.17. The molecule has 138 valence electrons. The van der Waals surface area contributed by atoms with Crippen LogP contribution in [0.5, 0.6) is 11.5 Å². The van der Waals surface area contributed by atoms with Crippen LogP contribution >= 0.6 is 27.5 Å². The SMILES string of the molecule is COCCOc1cc2c(c(Cl)c1Br)OC[C@H]1CN(C(=O)O)CCN1C2. The molecule has 0 aromatic heterocycles. The predicted octanol–water partition coefficient (Wildman–Crippen LogP) is 2.68. The zero-order valence-corrected chi connectivity index (χ0v) is 16.2. The third kappa shape index (κ3) is 3.97. The van der Waals surface area contributed by atoms with Gasteiger partial charge in [-0.15, -0.1) is 0 Å². The molecule has 1 N–H and O–H groups in total. The number of hydrogen-bond acceptors (Lipinski definition) is 5. The minimum atomic E-state index is -0.893. The Bertz CT molecular complexity index is 660. The third-order valence-corrected chi connectivity index (χ3v) is 5.80. The van der Waals surface area contributed by atoms with E-state index in [0.29, 0.717) is 67.0 Å². The first-order valence-corrected chi connectivity index (χ1v) is 9.15. The molecule has 2 heterocycles. The largest absolute Gasteiger partial charge is 0.490 e. The van der Waals surface area contributed by atoms with Crippen LogP contribution in [0.3, 0.4) is 0 Å². The Labute approximate surface area is 159 Å². The summed E-state index contributed by atoms with van der Waals surface area (Å²) in [5, 5.41) is 9.68. The molecule has 7 nitrogen and oxygen atoms in total. The number of nitrogens with zero attached hydrogens (tertiary/aromatic N) is 2. The highest BCUT2D eigenvalue weighted by Crippen LogP contribution is 2.43. The highest BCUT2D eigenvalue weighted by atomic mass is 79.9. The number of amides is 1. The number of hydrogen-bond donors (Lipinski definition) is 1. The van der Waals surface area contributed by atoms with E-state index in [4.69, 9.17) is 25.8 Å². The van der Waals surface area contributed by atoms with Crippen LogP contribution in [0.2, 0.25) is 5.02 Å². The first kappa shape index (κ1) is 18.6. The summed E-state index contributed by atoms with van der Waals surface area (Å²) in [6.07, 6.45) is -0.893. The Balaban J connectivity index is 1.82. The fourth-order valence-corrected chi connectivity index (χ4v) is 3.76. The smallest absolute Gasteiger partial charge is 0.407 e. The van der Waals surface area contributed by atoms with Crippen LogP contribution in [-0.2, 0) is 11.3 Å². The summed E-state index contributed by atoms with van der Waals surface area (Å²) in [5.41, 5.74) is 0.937. The first-order chi connectivity index (χ1) is 12.0. The van der Waals surface area contributed by atoms with Gasteiger partial charge in [0.05, 0.1) is 17.1 Å². The Morgan fingerprint density at radius 1 is 1.48 bits per heavy atom. The molecule has 1 aromatic rings. The molecule has 3 rings (SSSR count). The van der Waals surface area contributed by atoms with Crippen molar-refractivity contribution in [2.75, 3.05) is 46.6 Å². The van der Waals surface area contributed by atoms with Gasteiger partial charge in [0.2, 0.25) is 0 Å². The summed E-state index contributed by atoms with van der Waals surface area (Å²) < 4.78 is 17.3. The predicted molar refractivity (Wildman–Crippen MR) is 95.8 cm³/mol. The van der Waals surface area contributed by atoms with Crippen molar-refractivity contribution in [2.24, 2.45) is 0 Å². The minimum absolute atomic E-state index is 0.00459. The lowest BCUT2D eigenvalue weighted by atomic mass is 10.1. The lowest BCUT2D eigenvalue weighted by Gasteiger charge is -2.38. The number of carboxylic acid groups (broad SMARTS) is 1. The van der Waals surface area contributed by atoms with Crippen LogP contribution < -0.4 is 9.47 Å². The average Bonchev–Trinajstić information content (AvgIpc) is 2.77. The molecule has 0 aliphatic carbocycles. The summed E-state index contributed by atoms with van der Waals surface area (Å²) in [6.45, 7) is 3.52. The monoisotopic (exact) mass is 434 g/mol. The summed E-state index contributed by atoms with van der Waals surface area (Å²) in [6, 6.07) is 1.93. The van der Waals surface area contributed by atoms with E-state index in [9.17, 15) is 9.90 Å². The molecular weight excluding hydrogens is 416 g/mol. The fourth-order valence-electron chi connectivity index (χ4n) is 3.08. The summed E-state index contributed by atoms with van der Waals surface area (Å²) >= 11 is 9.94. The van der Waals surface area contributed by atoms with Crippen LogP contribution in [0.1, 0.15) is 5.56 Å². The molecule has 0 radical (unpaired) electrons. The lowest BCUT2D eigenvalue weighted by molar-refractivity contribution is 0.0503. The van der Waals surface area contributed by atoms with Crippen LogP contribution in [-0.4, -0.2) is 73.6 Å². The number of benzene rings is 1. The van der Waals surface area contributed by atoms with Gasteiger partial charge in [0, 0.05) is 38.9 Å². The molecule has 0 spiro atoms. The van der Waals surface area contributed by atoms with Crippen LogP contribution in [0.4, 0.5) is 4.79 Å². The second-order valence-electron chi connectivity index (χ2n) is 6.00. The Morgan fingerprint density at radius 3 is 3.00 bits per heavy atom. The normalized spacial score (nSPS) is 20.3. The molecule has 1 aromatic carbocycles. The van der Waals surface area contributed by atoms with Gasteiger partial charge < -0.3 is 24.2 Å². The highest BCUT2D eigenvalue weighted by Gasteiger charge is 2.33. The zero-order valence-electron chi connectivity index (χ0n) is 13.8. The number of carbonyl (C=O) groups is 1. The molecule has 1 saturated heterocycles. The number of fused-ring (bicyclic) bond motifs is 2. The number of ether oxygens (including phenoxy) is 3. The fraction of sp³-hybridized carbons (Fsp3) is 0.562. The standard InChI is InChI=1S/C16H20BrClN2O5/c1-23-4-5-24-12-6-10-7-19-2-3-20(16(21)22)8-11(19)9-25-15(10)14(18)13(12)17/h6,11H,2-5,7-9H2,1H3,(H,21,22)/t11-/m1/s1. The van der Waals surface area contributed by atoms with Crippen molar-refractivity contribution in [1.29, 1.82) is 0 Å². The van der Waals surface area contributed by atoms with Gasteiger partial charge in [-0.1, -0.05) is 11.6 Å². The van der Waals surface area contributed by atoms with E-state index < -0.39 is 6.09 Å². The summed E-state index contributed by atoms with van der Waals surface area (Å²) in [5.74, 6) is 1.27. The number of rotatable bonds is 4. The van der Waals surface area contributed by atoms with Gasteiger partial charge in [-0.25, -0.2) is 4.79 Å². The maximum atomic E-state index is 11.2. The van der Waals surface area contributed by atoms with Crippen LogP contribution in [0.15, 0.2) is 10.5 Å².